The van der Waals surface area contributed by atoms with Crippen LogP contribution in [0.2, 0.25) is 0 Å². The summed E-state index contributed by atoms with van der Waals surface area (Å²) in [5.74, 6) is 1.66. The predicted octanol–water partition coefficient (Wildman–Crippen LogP) is 0.529. The second-order valence-electron chi connectivity index (χ2n) is 5.77. The highest BCUT2D eigenvalue weighted by Gasteiger charge is 2.21. The Morgan fingerprint density at radius 1 is 1.08 bits per heavy atom. The van der Waals surface area contributed by atoms with Crippen LogP contribution in [0.3, 0.4) is 0 Å². The van der Waals surface area contributed by atoms with Crippen LogP contribution in [0.25, 0.3) is 22.6 Å². The van der Waals surface area contributed by atoms with E-state index in [1.54, 1.807) is 18.7 Å². The number of hydrogen-bond donors (Lipinski definition) is 2. The molecule has 3 aromatic heterocycles. The lowest BCUT2D eigenvalue weighted by Crippen LogP contribution is -2.47. The molecule has 8 heteroatoms. The number of nitrogens with one attached hydrogen (secondary N) is 1. The lowest BCUT2D eigenvalue weighted by Gasteiger charge is -2.35. The highest BCUT2D eigenvalue weighted by molar-refractivity contribution is 5.86. The lowest BCUT2D eigenvalue weighted by atomic mass is 10.2. The molecular weight excluding hydrogens is 306 g/mol. The summed E-state index contributed by atoms with van der Waals surface area (Å²) < 4.78 is 0. The summed E-state index contributed by atoms with van der Waals surface area (Å²) in [6.45, 7) is 4.50. The number of nitrogens with zero attached hydrogens (tertiary/aromatic N) is 6. The maximum Gasteiger partial charge on any atom is 0.183 e. The van der Waals surface area contributed by atoms with Gasteiger partial charge in [-0.2, -0.15) is 0 Å². The summed E-state index contributed by atoms with van der Waals surface area (Å²) in [6.07, 6.45) is 5.06. The number of aromatic nitrogens is 5. The molecule has 124 valence electrons. The molecule has 4 rings (SSSR count). The van der Waals surface area contributed by atoms with Crippen LogP contribution < -0.4 is 4.90 Å². The minimum Gasteiger partial charge on any atom is -0.395 e. The maximum atomic E-state index is 9.06. The van der Waals surface area contributed by atoms with Crippen LogP contribution >= 0.6 is 0 Å². The maximum absolute atomic E-state index is 9.06. The Labute approximate surface area is 139 Å². The Hall–Kier alpha value is -2.58. The molecule has 0 spiro atoms. The average molecular weight is 325 g/mol. The summed E-state index contributed by atoms with van der Waals surface area (Å²) in [5, 5.41) is 9.06. The molecule has 3 aromatic rings. The number of hydrogen-bond acceptors (Lipinski definition) is 7. The van der Waals surface area contributed by atoms with Crippen molar-refractivity contribution >= 4 is 17.0 Å². The summed E-state index contributed by atoms with van der Waals surface area (Å²) in [4.78, 5) is 25.2. The Morgan fingerprint density at radius 2 is 1.88 bits per heavy atom. The van der Waals surface area contributed by atoms with Gasteiger partial charge in [0.2, 0.25) is 0 Å². The van der Waals surface area contributed by atoms with Crippen LogP contribution in [0.5, 0.6) is 0 Å². The zero-order chi connectivity index (χ0) is 16.4. The van der Waals surface area contributed by atoms with Crippen LogP contribution in [0.4, 0.5) is 5.82 Å². The van der Waals surface area contributed by atoms with Gasteiger partial charge in [0.05, 0.1) is 6.61 Å². The van der Waals surface area contributed by atoms with E-state index in [0.717, 1.165) is 55.4 Å². The first-order chi connectivity index (χ1) is 11.8. The van der Waals surface area contributed by atoms with E-state index >= 15 is 0 Å². The Kier molecular flexibility index (Phi) is 4.06. The zero-order valence-corrected chi connectivity index (χ0v) is 13.3. The highest BCUT2D eigenvalue weighted by atomic mass is 16.3. The molecule has 0 unspecified atom stereocenters. The molecule has 1 aliphatic heterocycles. The third kappa shape index (κ3) is 2.81. The number of pyridine rings is 1. The fraction of sp³-hybridized carbons (Fsp3) is 0.375. The topological polar surface area (TPSA) is 94.1 Å². The fourth-order valence-corrected chi connectivity index (χ4v) is 3.03. The summed E-state index contributed by atoms with van der Waals surface area (Å²) in [6, 6.07) is 3.83. The Morgan fingerprint density at radius 3 is 2.62 bits per heavy atom. The summed E-state index contributed by atoms with van der Waals surface area (Å²) >= 11 is 0. The van der Waals surface area contributed by atoms with Gasteiger partial charge in [0.25, 0.3) is 0 Å². The minimum absolute atomic E-state index is 0.202. The molecule has 24 heavy (non-hydrogen) atoms. The molecule has 1 fully saturated rings. The second kappa shape index (κ2) is 6.50. The highest BCUT2D eigenvalue weighted by Crippen LogP contribution is 2.25. The molecule has 0 atom stereocenters. The van der Waals surface area contributed by atoms with Crippen LogP contribution in [0.1, 0.15) is 0 Å². The van der Waals surface area contributed by atoms with Crippen LogP contribution in [0.15, 0.2) is 30.9 Å². The number of imidazole rings is 1. The molecule has 0 saturated carbocycles. The van der Waals surface area contributed by atoms with E-state index in [0.29, 0.717) is 5.65 Å². The first-order valence-electron chi connectivity index (χ1n) is 8.04. The second-order valence-corrected chi connectivity index (χ2v) is 5.77. The fourth-order valence-electron chi connectivity index (χ4n) is 3.03. The van der Waals surface area contributed by atoms with E-state index < -0.39 is 0 Å². The first-order valence-corrected chi connectivity index (χ1v) is 8.04. The number of aliphatic hydroxyl groups excluding tert-OH is 1. The Balaban J connectivity index is 1.63. The number of aliphatic hydroxyl groups is 1. The van der Waals surface area contributed by atoms with Crippen molar-refractivity contribution in [2.45, 2.75) is 0 Å². The van der Waals surface area contributed by atoms with E-state index in [1.807, 2.05) is 12.1 Å². The lowest BCUT2D eigenvalue weighted by molar-refractivity contribution is 0.188. The number of fused-ring (bicyclic) bond motifs is 1. The van der Waals surface area contributed by atoms with Crippen LogP contribution in [-0.2, 0) is 0 Å². The SMILES string of the molecule is OCCN1CCN(c2ncnc3nc(-c4ccncc4)[nH]c23)CC1. The van der Waals surface area contributed by atoms with Crippen molar-refractivity contribution in [3.8, 4) is 11.4 Å². The molecule has 0 aliphatic carbocycles. The monoisotopic (exact) mass is 325 g/mol. The van der Waals surface area contributed by atoms with Crippen molar-refractivity contribution < 1.29 is 5.11 Å². The molecule has 0 amide bonds. The number of rotatable bonds is 4. The molecule has 0 bridgehead atoms. The summed E-state index contributed by atoms with van der Waals surface area (Å²) in [7, 11) is 0. The smallest absolute Gasteiger partial charge is 0.183 e. The Bertz CT molecular complexity index is 812. The standard InChI is InChI=1S/C16H19N7O/c24-10-9-22-5-7-23(8-6-22)16-13-15(18-11-19-16)21-14(20-13)12-1-3-17-4-2-12/h1-4,11,24H,5-10H2,(H,18,19,20,21). The van der Waals surface area contributed by atoms with Gasteiger partial charge in [-0.15, -0.1) is 0 Å². The van der Waals surface area contributed by atoms with Gasteiger partial charge < -0.3 is 15.0 Å². The van der Waals surface area contributed by atoms with Gasteiger partial charge in [0.15, 0.2) is 11.5 Å². The largest absolute Gasteiger partial charge is 0.395 e. The van der Waals surface area contributed by atoms with Crippen molar-refractivity contribution in [3.05, 3.63) is 30.9 Å². The van der Waals surface area contributed by atoms with Gasteiger partial charge in [-0.25, -0.2) is 15.0 Å². The van der Waals surface area contributed by atoms with Crippen molar-refractivity contribution in [2.24, 2.45) is 0 Å². The zero-order valence-electron chi connectivity index (χ0n) is 13.3. The minimum atomic E-state index is 0.202. The van der Waals surface area contributed by atoms with E-state index in [1.165, 1.54) is 0 Å². The van der Waals surface area contributed by atoms with Crippen molar-refractivity contribution in [1.29, 1.82) is 0 Å². The number of H-pyrrole nitrogens is 1. The molecule has 8 nitrogen and oxygen atoms in total. The van der Waals surface area contributed by atoms with Gasteiger partial charge in [-0.3, -0.25) is 9.88 Å². The van der Waals surface area contributed by atoms with Crippen molar-refractivity contribution in [2.75, 3.05) is 44.2 Å². The van der Waals surface area contributed by atoms with Gasteiger partial charge in [0.1, 0.15) is 17.7 Å². The summed E-state index contributed by atoms with van der Waals surface area (Å²) in [5.41, 5.74) is 2.51. The van der Waals surface area contributed by atoms with E-state index in [9.17, 15) is 0 Å². The van der Waals surface area contributed by atoms with Gasteiger partial charge in [-0.1, -0.05) is 0 Å². The first kappa shape index (κ1) is 15.0. The molecule has 1 saturated heterocycles. The number of anilines is 1. The van der Waals surface area contributed by atoms with Gasteiger partial charge in [0, 0.05) is 50.7 Å². The molecular formula is C16H19N7O. The quantitative estimate of drug-likeness (QED) is 0.722. The normalized spacial score (nSPS) is 16.0. The van der Waals surface area contributed by atoms with Gasteiger partial charge in [-0.05, 0) is 12.1 Å². The number of piperazine rings is 1. The molecule has 2 N–H and O–H groups in total. The third-order valence-electron chi connectivity index (χ3n) is 4.31. The molecule has 1 aliphatic rings. The number of β-amino-alcohol motifs (C(OH)–C–C–N with tert-alkyl or cyclic N) is 1. The third-order valence-corrected chi connectivity index (χ3v) is 4.31. The molecule has 4 heterocycles. The average Bonchev–Trinajstić information content (AvgIpc) is 3.08. The molecule has 0 aromatic carbocycles. The number of aromatic amines is 1. The van der Waals surface area contributed by atoms with E-state index in [-0.39, 0.29) is 6.61 Å². The van der Waals surface area contributed by atoms with E-state index in [4.69, 9.17) is 5.11 Å². The van der Waals surface area contributed by atoms with Crippen LogP contribution in [-0.4, -0.2) is 74.3 Å². The van der Waals surface area contributed by atoms with Crippen LogP contribution in [0, 0.1) is 0 Å². The predicted molar refractivity (Wildman–Crippen MR) is 90.7 cm³/mol. The van der Waals surface area contributed by atoms with Gasteiger partial charge >= 0.3 is 0 Å². The van der Waals surface area contributed by atoms with Crippen molar-refractivity contribution in [1.82, 2.24) is 29.8 Å². The van der Waals surface area contributed by atoms with Crippen molar-refractivity contribution in [3.63, 3.8) is 0 Å². The molecule has 0 radical (unpaired) electrons. The van der Waals surface area contributed by atoms with E-state index in [2.05, 4.69) is 34.7 Å².